The first-order chi connectivity index (χ1) is 12.9. The van der Waals surface area contributed by atoms with Gasteiger partial charge in [0.25, 0.3) is 10.0 Å². The highest BCUT2D eigenvalue weighted by molar-refractivity contribution is 7.92. The summed E-state index contributed by atoms with van der Waals surface area (Å²) in [5, 5.41) is 4.03. The second-order valence-corrected chi connectivity index (χ2v) is 7.08. The van der Waals surface area contributed by atoms with Crippen LogP contribution in [0, 0.1) is 5.82 Å². The monoisotopic (exact) mass is 393 g/mol. The third kappa shape index (κ3) is 3.70. The van der Waals surface area contributed by atoms with Crippen LogP contribution in [-0.4, -0.2) is 37.7 Å². The minimum atomic E-state index is -4.13. The molecule has 0 amide bonds. The Kier molecular flexibility index (Phi) is 5.00. The summed E-state index contributed by atoms with van der Waals surface area (Å²) in [6.45, 7) is 1.87. The number of methoxy groups -OCH3 is 1. The van der Waals surface area contributed by atoms with Crippen LogP contribution in [0.25, 0.3) is 5.52 Å². The van der Waals surface area contributed by atoms with Crippen molar-refractivity contribution in [2.24, 2.45) is 0 Å². The Labute approximate surface area is 154 Å². The SMILES string of the molecule is CCOC(=O)c1cnn2ccc(NS(=O)(=O)c3cc(F)ccc3OC)cc12. The predicted octanol–water partition coefficient (Wildman–Crippen LogP) is 2.46. The highest BCUT2D eigenvalue weighted by Crippen LogP contribution is 2.27. The first-order valence-electron chi connectivity index (χ1n) is 7.86. The molecule has 0 saturated carbocycles. The number of anilines is 1. The van der Waals surface area contributed by atoms with Crippen molar-refractivity contribution < 1.29 is 27.1 Å². The summed E-state index contributed by atoms with van der Waals surface area (Å²) >= 11 is 0. The lowest BCUT2D eigenvalue weighted by molar-refractivity contribution is 0.0528. The quantitative estimate of drug-likeness (QED) is 0.646. The second-order valence-electron chi connectivity index (χ2n) is 5.42. The van der Waals surface area contributed by atoms with Crippen LogP contribution in [0.1, 0.15) is 17.3 Å². The van der Waals surface area contributed by atoms with Gasteiger partial charge >= 0.3 is 5.97 Å². The molecular weight excluding hydrogens is 377 g/mol. The zero-order valence-electron chi connectivity index (χ0n) is 14.5. The van der Waals surface area contributed by atoms with E-state index in [1.165, 1.54) is 42.2 Å². The molecule has 8 nitrogen and oxygen atoms in total. The summed E-state index contributed by atoms with van der Waals surface area (Å²) in [4.78, 5) is 11.6. The largest absolute Gasteiger partial charge is 0.495 e. The third-order valence-electron chi connectivity index (χ3n) is 3.68. The highest BCUT2D eigenvalue weighted by Gasteiger charge is 2.21. The molecular formula is C17H16FN3O5S. The predicted molar refractivity (Wildman–Crippen MR) is 94.9 cm³/mol. The van der Waals surface area contributed by atoms with E-state index in [1.54, 1.807) is 6.92 Å². The highest BCUT2D eigenvalue weighted by atomic mass is 32.2. The summed E-state index contributed by atoms with van der Waals surface area (Å²) < 4.78 is 52.6. The van der Waals surface area contributed by atoms with Gasteiger partial charge in [0.15, 0.2) is 0 Å². The number of fused-ring (bicyclic) bond motifs is 1. The molecule has 10 heteroatoms. The van der Waals surface area contributed by atoms with Gasteiger partial charge in [0.05, 0.1) is 31.1 Å². The number of pyridine rings is 1. The molecule has 0 bridgehead atoms. The molecule has 27 heavy (non-hydrogen) atoms. The van der Waals surface area contributed by atoms with Crippen molar-refractivity contribution >= 4 is 27.2 Å². The topological polar surface area (TPSA) is 99.0 Å². The van der Waals surface area contributed by atoms with E-state index in [0.717, 1.165) is 12.1 Å². The van der Waals surface area contributed by atoms with Gasteiger partial charge in [-0.1, -0.05) is 0 Å². The van der Waals surface area contributed by atoms with Crippen LogP contribution in [0.3, 0.4) is 0 Å². The van der Waals surface area contributed by atoms with Gasteiger partial charge in [-0.3, -0.25) is 4.72 Å². The Hall–Kier alpha value is -3.14. The molecule has 2 heterocycles. The minimum Gasteiger partial charge on any atom is -0.495 e. The standard InChI is InChI=1S/C17H16FN3O5S/c1-3-26-17(22)13-10-19-21-7-6-12(9-14(13)21)20-27(23,24)16-8-11(18)4-5-15(16)25-2/h4-10,20H,3H2,1-2H3. The van der Waals surface area contributed by atoms with Crippen molar-refractivity contribution in [3.05, 3.63) is 54.1 Å². The van der Waals surface area contributed by atoms with Crippen molar-refractivity contribution in [1.29, 1.82) is 0 Å². The Balaban J connectivity index is 2.00. The number of hydrogen-bond donors (Lipinski definition) is 1. The van der Waals surface area contributed by atoms with Crippen molar-refractivity contribution in [2.45, 2.75) is 11.8 Å². The van der Waals surface area contributed by atoms with Crippen LogP contribution in [0.4, 0.5) is 10.1 Å². The van der Waals surface area contributed by atoms with E-state index in [1.807, 2.05) is 0 Å². The van der Waals surface area contributed by atoms with E-state index >= 15 is 0 Å². The number of nitrogens with one attached hydrogen (secondary N) is 1. The van der Waals surface area contributed by atoms with Gasteiger partial charge in [-0.2, -0.15) is 5.10 Å². The minimum absolute atomic E-state index is 0.00143. The van der Waals surface area contributed by atoms with Crippen LogP contribution >= 0.6 is 0 Å². The lowest BCUT2D eigenvalue weighted by Gasteiger charge is -2.12. The Morgan fingerprint density at radius 2 is 2.07 bits per heavy atom. The average molecular weight is 393 g/mol. The molecule has 0 fully saturated rings. The summed E-state index contributed by atoms with van der Waals surface area (Å²) in [5.41, 5.74) is 0.723. The molecule has 0 saturated heterocycles. The van der Waals surface area contributed by atoms with E-state index in [0.29, 0.717) is 5.52 Å². The van der Waals surface area contributed by atoms with E-state index in [9.17, 15) is 17.6 Å². The van der Waals surface area contributed by atoms with Crippen LogP contribution < -0.4 is 9.46 Å². The van der Waals surface area contributed by atoms with Gasteiger partial charge in [-0.25, -0.2) is 22.1 Å². The van der Waals surface area contributed by atoms with E-state index < -0.39 is 21.8 Å². The van der Waals surface area contributed by atoms with Crippen LogP contribution in [0.15, 0.2) is 47.6 Å². The fourth-order valence-electron chi connectivity index (χ4n) is 2.48. The van der Waals surface area contributed by atoms with Gasteiger partial charge in [0, 0.05) is 6.20 Å². The van der Waals surface area contributed by atoms with Gasteiger partial charge in [0.2, 0.25) is 0 Å². The average Bonchev–Trinajstić information content (AvgIpc) is 3.05. The Morgan fingerprint density at radius 1 is 1.30 bits per heavy atom. The summed E-state index contributed by atoms with van der Waals surface area (Å²) in [6, 6.07) is 6.08. The van der Waals surface area contributed by atoms with Crippen molar-refractivity contribution in [2.75, 3.05) is 18.4 Å². The zero-order valence-corrected chi connectivity index (χ0v) is 15.3. The van der Waals surface area contributed by atoms with E-state index in [-0.39, 0.29) is 28.5 Å². The van der Waals surface area contributed by atoms with E-state index in [2.05, 4.69) is 9.82 Å². The fourth-order valence-corrected chi connectivity index (χ4v) is 3.71. The lowest BCUT2D eigenvalue weighted by Crippen LogP contribution is -2.14. The summed E-state index contributed by atoms with van der Waals surface area (Å²) in [6.07, 6.45) is 2.82. The molecule has 142 valence electrons. The van der Waals surface area contributed by atoms with Crippen LogP contribution in [0.5, 0.6) is 5.75 Å². The Bertz CT molecular complexity index is 1110. The molecule has 3 rings (SSSR count). The maximum Gasteiger partial charge on any atom is 0.341 e. The molecule has 3 aromatic rings. The van der Waals surface area contributed by atoms with Gasteiger partial charge in [0.1, 0.15) is 22.0 Å². The van der Waals surface area contributed by atoms with Crippen molar-refractivity contribution in [1.82, 2.24) is 9.61 Å². The molecule has 2 aromatic heterocycles. The normalized spacial score (nSPS) is 11.4. The lowest BCUT2D eigenvalue weighted by atomic mass is 10.2. The number of aromatic nitrogens is 2. The number of rotatable bonds is 6. The summed E-state index contributed by atoms with van der Waals surface area (Å²) in [7, 11) is -2.85. The van der Waals surface area contributed by atoms with Crippen LogP contribution in [0.2, 0.25) is 0 Å². The van der Waals surface area contributed by atoms with Gasteiger partial charge < -0.3 is 9.47 Å². The first kappa shape index (κ1) is 18.6. The number of sulfonamides is 1. The molecule has 0 spiro atoms. The molecule has 1 N–H and O–H groups in total. The third-order valence-corrected chi connectivity index (χ3v) is 5.09. The number of ether oxygens (including phenoxy) is 2. The molecule has 0 aliphatic carbocycles. The number of benzene rings is 1. The number of carbonyl (C=O) groups is 1. The summed E-state index contributed by atoms with van der Waals surface area (Å²) in [5.74, 6) is -1.28. The van der Waals surface area contributed by atoms with Crippen molar-refractivity contribution in [3.8, 4) is 5.75 Å². The van der Waals surface area contributed by atoms with Crippen LogP contribution in [-0.2, 0) is 14.8 Å². The molecule has 0 aliphatic heterocycles. The molecule has 0 radical (unpaired) electrons. The number of hydrogen-bond acceptors (Lipinski definition) is 6. The number of nitrogens with zero attached hydrogens (tertiary/aromatic N) is 2. The number of esters is 1. The Morgan fingerprint density at radius 3 is 2.78 bits per heavy atom. The molecule has 1 aromatic carbocycles. The maximum atomic E-state index is 13.5. The van der Waals surface area contributed by atoms with Gasteiger partial charge in [-0.15, -0.1) is 0 Å². The molecule has 0 unspecified atom stereocenters. The molecule has 0 atom stereocenters. The van der Waals surface area contributed by atoms with E-state index in [4.69, 9.17) is 9.47 Å². The van der Waals surface area contributed by atoms with Crippen molar-refractivity contribution in [3.63, 3.8) is 0 Å². The smallest absolute Gasteiger partial charge is 0.341 e. The van der Waals surface area contributed by atoms with Gasteiger partial charge in [-0.05, 0) is 37.3 Å². The molecule has 0 aliphatic rings. The number of halogens is 1. The fraction of sp³-hybridized carbons (Fsp3) is 0.176. The zero-order chi connectivity index (χ0) is 19.6. The maximum absolute atomic E-state index is 13.5. The number of carbonyl (C=O) groups excluding carboxylic acids is 1. The first-order valence-corrected chi connectivity index (χ1v) is 9.35. The second kappa shape index (κ2) is 7.23.